The molecule has 0 spiro atoms. The van der Waals surface area contributed by atoms with Crippen LogP contribution in [0.15, 0.2) is 6.20 Å². The summed E-state index contributed by atoms with van der Waals surface area (Å²) in [7, 11) is 0. The zero-order chi connectivity index (χ0) is 12.0. The number of unbranched alkanes of at least 4 members (excludes halogenated alkanes) is 1. The average Bonchev–Trinajstić information content (AvgIpc) is 2.69. The van der Waals surface area contributed by atoms with Crippen molar-refractivity contribution in [1.82, 2.24) is 10.2 Å². The Balaban J connectivity index is 2.69. The molecule has 4 nitrogen and oxygen atoms in total. The van der Waals surface area contributed by atoms with Crippen LogP contribution in [0.25, 0.3) is 0 Å². The van der Waals surface area contributed by atoms with Gasteiger partial charge in [-0.3, -0.25) is 9.89 Å². The second-order valence-corrected chi connectivity index (χ2v) is 4.24. The van der Waals surface area contributed by atoms with Gasteiger partial charge in [0.1, 0.15) is 6.10 Å². The number of rotatable bonds is 7. The number of hydrogen-bond donors (Lipinski definition) is 1. The van der Waals surface area contributed by atoms with Crippen molar-refractivity contribution in [3.63, 3.8) is 0 Å². The first-order chi connectivity index (χ1) is 7.70. The quantitative estimate of drug-likeness (QED) is 0.751. The number of nitrogens with one attached hydrogen (secondary N) is 1. The summed E-state index contributed by atoms with van der Waals surface area (Å²) >= 11 is 5.98. The number of hydrogen-bond acceptors (Lipinski definition) is 3. The minimum Gasteiger partial charge on any atom is -0.464 e. The number of ether oxygens (including phenoxy) is 1. The smallest absolute Gasteiger partial charge is 0.293 e. The van der Waals surface area contributed by atoms with E-state index in [1.807, 2.05) is 6.92 Å². The highest BCUT2D eigenvalue weighted by molar-refractivity contribution is 6.31. The second kappa shape index (κ2) is 6.53. The van der Waals surface area contributed by atoms with Gasteiger partial charge in [-0.2, -0.15) is 5.10 Å². The fraction of sp³-hybridized carbons (Fsp3) is 0.636. The molecule has 0 radical (unpaired) electrons. The molecule has 1 aromatic rings. The van der Waals surface area contributed by atoms with E-state index in [4.69, 9.17) is 16.3 Å². The zero-order valence-corrected chi connectivity index (χ0v) is 10.3. The molecule has 1 N–H and O–H groups in total. The van der Waals surface area contributed by atoms with E-state index in [-0.39, 0.29) is 12.0 Å². The molecule has 90 valence electrons. The lowest BCUT2D eigenvalue weighted by Gasteiger charge is -2.21. The fourth-order valence-electron chi connectivity index (χ4n) is 1.70. The summed E-state index contributed by atoms with van der Waals surface area (Å²) in [5.41, 5.74) is 0.824. The monoisotopic (exact) mass is 244 g/mol. The van der Waals surface area contributed by atoms with Gasteiger partial charge in [0.05, 0.1) is 16.9 Å². The van der Waals surface area contributed by atoms with Gasteiger partial charge in [0, 0.05) is 5.92 Å². The van der Waals surface area contributed by atoms with Crippen LogP contribution in [-0.2, 0) is 9.53 Å². The molecule has 0 saturated heterocycles. The number of carbonyl (C=O) groups excluding carboxylic acids is 1. The lowest BCUT2D eigenvalue weighted by Crippen LogP contribution is -2.20. The van der Waals surface area contributed by atoms with Crippen molar-refractivity contribution in [3.8, 4) is 0 Å². The van der Waals surface area contributed by atoms with Crippen molar-refractivity contribution in [2.45, 2.75) is 45.1 Å². The highest BCUT2D eigenvalue weighted by atomic mass is 35.5. The van der Waals surface area contributed by atoms with Crippen LogP contribution in [-0.4, -0.2) is 22.8 Å². The van der Waals surface area contributed by atoms with E-state index in [1.54, 1.807) is 6.20 Å². The number of halogens is 1. The molecule has 0 amide bonds. The van der Waals surface area contributed by atoms with E-state index in [9.17, 15) is 4.79 Å². The molecule has 0 bridgehead atoms. The van der Waals surface area contributed by atoms with Crippen LogP contribution in [0.4, 0.5) is 0 Å². The number of nitrogens with zero attached hydrogens (tertiary/aromatic N) is 1. The second-order valence-electron chi connectivity index (χ2n) is 3.83. The normalized spacial score (nSPS) is 14.4. The third kappa shape index (κ3) is 3.23. The van der Waals surface area contributed by atoms with Crippen LogP contribution in [0.1, 0.15) is 44.7 Å². The Kier molecular flexibility index (Phi) is 5.32. The summed E-state index contributed by atoms with van der Waals surface area (Å²) in [6.45, 7) is 4.58. The number of aromatic nitrogens is 2. The Morgan fingerprint density at radius 1 is 1.69 bits per heavy atom. The molecule has 2 unspecified atom stereocenters. The SMILES string of the molecule is CCCCC(OC=O)C(C)c1[nH]ncc1Cl. The van der Waals surface area contributed by atoms with Crippen LogP contribution in [0.2, 0.25) is 5.02 Å². The van der Waals surface area contributed by atoms with E-state index in [2.05, 4.69) is 17.1 Å². The van der Waals surface area contributed by atoms with Crippen molar-refractivity contribution < 1.29 is 9.53 Å². The maximum atomic E-state index is 10.5. The lowest BCUT2D eigenvalue weighted by molar-refractivity contribution is -0.134. The highest BCUT2D eigenvalue weighted by Gasteiger charge is 2.23. The summed E-state index contributed by atoms with van der Waals surface area (Å²) in [6.07, 6.45) is 4.35. The van der Waals surface area contributed by atoms with Gasteiger partial charge in [-0.25, -0.2) is 0 Å². The van der Waals surface area contributed by atoms with Crippen molar-refractivity contribution in [2.75, 3.05) is 0 Å². The maximum absolute atomic E-state index is 10.5. The molecule has 1 heterocycles. The van der Waals surface area contributed by atoms with E-state index in [0.717, 1.165) is 25.0 Å². The predicted molar refractivity (Wildman–Crippen MR) is 62.5 cm³/mol. The molecule has 0 aliphatic heterocycles. The van der Waals surface area contributed by atoms with E-state index in [0.29, 0.717) is 11.5 Å². The minimum absolute atomic E-state index is 0.0340. The molecular formula is C11H17ClN2O2. The minimum atomic E-state index is -0.143. The lowest BCUT2D eigenvalue weighted by atomic mass is 9.96. The molecule has 1 aromatic heterocycles. The van der Waals surface area contributed by atoms with Crippen LogP contribution in [0.3, 0.4) is 0 Å². The summed E-state index contributed by atoms with van der Waals surface area (Å²) in [5.74, 6) is 0.0340. The first kappa shape index (κ1) is 13.0. The predicted octanol–water partition coefficient (Wildman–Crippen LogP) is 2.90. The molecule has 1 rings (SSSR count). The van der Waals surface area contributed by atoms with Crippen LogP contribution in [0.5, 0.6) is 0 Å². The Hall–Kier alpha value is -1.03. The number of H-pyrrole nitrogens is 1. The molecule has 0 aromatic carbocycles. The van der Waals surface area contributed by atoms with Gasteiger partial charge in [0.25, 0.3) is 6.47 Å². The van der Waals surface area contributed by atoms with Gasteiger partial charge < -0.3 is 4.74 Å². The fourth-order valence-corrected chi connectivity index (χ4v) is 1.96. The van der Waals surface area contributed by atoms with E-state index >= 15 is 0 Å². The molecule has 0 aliphatic carbocycles. The maximum Gasteiger partial charge on any atom is 0.293 e. The van der Waals surface area contributed by atoms with Crippen molar-refractivity contribution in [1.29, 1.82) is 0 Å². The van der Waals surface area contributed by atoms with Crippen LogP contribution >= 0.6 is 11.6 Å². The largest absolute Gasteiger partial charge is 0.464 e. The Morgan fingerprint density at radius 3 is 2.94 bits per heavy atom. The van der Waals surface area contributed by atoms with Gasteiger partial charge in [-0.1, -0.05) is 38.3 Å². The van der Waals surface area contributed by atoms with Crippen molar-refractivity contribution in [2.24, 2.45) is 0 Å². The van der Waals surface area contributed by atoms with Crippen molar-refractivity contribution in [3.05, 3.63) is 16.9 Å². The summed E-state index contributed by atoms with van der Waals surface area (Å²) in [5, 5.41) is 7.29. The van der Waals surface area contributed by atoms with Crippen LogP contribution < -0.4 is 0 Å². The summed E-state index contributed by atoms with van der Waals surface area (Å²) in [4.78, 5) is 10.5. The Bertz CT molecular complexity index is 328. The molecule has 0 saturated carbocycles. The standard InChI is InChI=1S/C11H17ClN2O2/c1-3-4-5-10(16-7-15)8(2)11-9(12)6-13-14-11/h6-8,10H,3-5H2,1-2H3,(H,13,14). The number of carbonyl (C=O) groups is 1. The van der Waals surface area contributed by atoms with Crippen LogP contribution in [0, 0.1) is 0 Å². The topological polar surface area (TPSA) is 55.0 Å². The Morgan fingerprint density at radius 2 is 2.44 bits per heavy atom. The van der Waals surface area contributed by atoms with E-state index in [1.165, 1.54) is 0 Å². The van der Waals surface area contributed by atoms with Gasteiger partial charge >= 0.3 is 0 Å². The summed E-state index contributed by atoms with van der Waals surface area (Å²) < 4.78 is 5.10. The molecule has 5 heteroatoms. The highest BCUT2D eigenvalue weighted by Crippen LogP contribution is 2.28. The zero-order valence-electron chi connectivity index (χ0n) is 9.57. The molecule has 0 fully saturated rings. The third-order valence-corrected chi connectivity index (χ3v) is 3.01. The Labute approximate surface area is 100 Å². The first-order valence-electron chi connectivity index (χ1n) is 5.48. The average molecular weight is 245 g/mol. The molecule has 2 atom stereocenters. The molecule has 0 aliphatic rings. The first-order valence-corrected chi connectivity index (χ1v) is 5.86. The van der Waals surface area contributed by atoms with E-state index < -0.39 is 0 Å². The van der Waals surface area contributed by atoms with Gasteiger partial charge in [0.15, 0.2) is 0 Å². The summed E-state index contributed by atoms with van der Waals surface area (Å²) in [6, 6.07) is 0. The number of aromatic amines is 1. The molecule has 16 heavy (non-hydrogen) atoms. The third-order valence-electron chi connectivity index (χ3n) is 2.71. The van der Waals surface area contributed by atoms with Crippen molar-refractivity contribution >= 4 is 18.1 Å². The van der Waals surface area contributed by atoms with Gasteiger partial charge in [-0.05, 0) is 6.42 Å². The molecular weight excluding hydrogens is 228 g/mol. The van der Waals surface area contributed by atoms with Gasteiger partial charge in [-0.15, -0.1) is 0 Å². The van der Waals surface area contributed by atoms with Gasteiger partial charge in [0.2, 0.25) is 0 Å².